The van der Waals surface area contributed by atoms with Crippen LogP contribution < -0.4 is 19.1 Å². The van der Waals surface area contributed by atoms with Gasteiger partial charge in [-0.05, 0) is 42.7 Å². The second-order valence-electron chi connectivity index (χ2n) is 8.81. The van der Waals surface area contributed by atoms with Crippen molar-refractivity contribution >= 4 is 27.5 Å². The Morgan fingerprint density at radius 3 is 2.35 bits per heavy atom. The molecule has 1 aliphatic heterocycles. The molecule has 2 aromatic rings. The van der Waals surface area contributed by atoms with E-state index >= 15 is 0 Å². The topological polar surface area (TPSA) is 105 Å². The minimum Gasteiger partial charge on any atom is -0.486 e. The first-order chi connectivity index (χ1) is 17.6. The molecule has 0 fully saturated rings. The molecule has 1 N–H and O–H groups in total. The molecular formula is C26H34FN3O6S. The standard InChI is InChI=1S/C26H34FN3O6S/c1-4-6-13-28-26(32)22(5-2)29(17-19-7-9-20(27)10-8-19)25(31)18-30(37(3,33)34)21-11-12-23-24(16-21)36-15-14-35-23/h7-12,16,22H,4-6,13-15,17-18H2,1-3H3,(H,28,32)/t22-/m1/s1. The molecule has 0 aromatic heterocycles. The van der Waals surface area contributed by atoms with Crippen LogP contribution in [0, 0.1) is 5.82 Å². The van der Waals surface area contributed by atoms with Gasteiger partial charge >= 0.3 is 0 Å². The summed E-state index contributed by atoms with van der Waals surface area (Å²) >= 11 is 0. The number of rotatable bonds is 12. The van der Waals surface area contributed by atoms with Gasteiger partial charge in [-0.15, -0.1) is 0 Å². The Morgan fingerprint density at radius 2 is 1.73 bits per heavy atom. The van der Waals surface area contributed by atoms with Crippen molar-refractivity contribution in [3.63, 3.8) is 0 Å². The summed E-state index contributed by atoms with van der Waals surface area (Å²) in [4.78, 5) is 28.1. The number of carbonyl (C=O) groups excluding carboxylic acids is 2. The van der Waals surface area contributed by atoms with Crippen LogP contribution >= 0.6 is 0 Å². The number of carbonyl (C=O) groups is 2. The number of benzene rings is 2. The minimum atomic E-state index is -3.88. The smallest absolute Gasteiger partial charge is 0.244 e. The van der Waals surface area contributed by atoms with Crippen LogP contribution in [0.15, 0.2) is 42.5 Å². The SMILES string of the molecule is CCCCNC(=O)[C@@H](CC)N(Cc1ccc(F)cc1)C(=O)CN(c1ccc2c(c1)OCCO2)S(C)(=O)=O. The molecule has 0 unspecified atom stereocenters. The van der Waals surface area contributed by atoms with Crippen LogP contribution in [-0.2, 0) is 26.2 Å². The Hall–Kier alpha value is -3.34. The van der Waals surface area contributed by atoms with Crippen LogP contribution in [0.1, 0.15) is 38.7 Å². The first-order valence-electron chi connectivity index (χ1n) is 12.3. The average Bonchev–Trinajstić information content (AvgIpc) is 2.87. The molecule has 0 saturated carbocycles. The number of nitrogens with zero attached hydrogens (tertiary/aromatic N) is 2. The molecule has 2 aromatic carbocycles. The van der Waals surface area contributed by atoms with Gasteiger partial charge in [-0.2, -0.15) is 0 Å². The van der Waals surface area contributed by atoms with Gasteiger partial charge in [0.15, 0.2) is 11.5 Å². The first kappa shape index (κ1) is 28.2. The monoisotopic (exact) mass is 535 g/mol. The second kappa shape index (κ2) is 12.8. The van der Waals surface area contributed by atoms with E-state index in [-0.39, 0.29) is 18.1 Å². The minimum absolute atomic E-state index is 0.0115. The molecule has 202 valence electrons. The second-order valence-corrected chi connectivity index (χ2v) is 10.7. The molecule has 3 rings (SSSR count). The van der Waals surface area contributed by atoms with E-state index in [2.05, 4.69) is 5.32 Å². The van der Waals surface area contributed by atoms with Crippen molar-refractivity contribution in [3.8, 4) is 11.5 Å². The van der Waals surface area contributed by atoms with Gasteiger partial charge in [-0.25, -0.2) is 12.8 Å². The number of sulfonamides is 1. The van der Waals surface area contributed by atoms with Crippen LogP contribution in [0.3, 0.4) is 0 Å². The molecule has 0 bridgehead atoms. The predicted octanol–water partition coefficient (Wildman–Crippen LogP) is 3.09. The van der Waals surface area contributed by atoms with E-state index in [0.717, 1.165) is 23.4 Å². The van der Waals surface area contributed by atoms with Crippen LogP contribution in [0.4, 0.5) is 10.1 Å². The Balaban J connectivity index is 1.92. The van der Waals surface area contributed by atoms with Crippen molar-refractivity contribution in [2.45, 2.75) is 45.7 Å². The summed E-state index contributed by atoms with van der Waals surface area (Å²) in [5, 5.41) is 2.86. The lowest BCUT2D eigenvalue weighted by Gasteiger charge is -2.33. The number of amides is 2. The fraction of sp³-hybridized carbons (Fsp3) is 0.462. The van der Waals surface area contributed by atoms with Crippen molar-refractivity contribution in [2.75, 3.05) is 36.9 Å². The fourth-order valence-electron chi connectivity index (χ4n) is 4.01. The molecule has 11 heteroatoms. The number of hydrogen-bond acceptors (Lipinski definition) is 6. The van der Waals surface area contributed by atoms with E-state index in [9.17, 15) is 22.4 Å². The number of anilines is 1. The van der Waals surface area contributed by atoms with Gasteiger partial charge in [0.25, 0.3) is 0 Å². The lowest BCUT2D eigenvalue weighted by atomic mass is 10.1. The van der Waals surface area contributed by atoms with E-state index in [0.29, 0.717) is 43.2 Å². The number of unbranched alkanes of at least 4 members (excludes halogenated alkanes) is 1. The molecule has 2 amide bonds. The number of fused-ring (bicyclic) bond motifs is 1. The van der Waals surface area contributed by atoms with Gasteiger partial charge in [0.05, 0.1) is 11.9 Å². The van der Waals surface area contributed by atoms with Crippen molar-refractivity contribution < 1.29 is 31.9 Å². The van der Waals surface area contributed by atoms with Gasteiger partial charge in [-0.1, -0.05) is 32.4 Å². The zero-order chi connectivity index (χ0) is 27.0. The molecule has 0 spiro atoms. The maximum Gasteiger partial charge on any atom is 0.244 e. The first-order valence-corrected chi connectivity index (χ1v) is 14.2. The Labute approximate surface area is 217 Å². The summed E-state index contributed by atoms with van der Waals surface area (Å²) in [6, 6.07) is 9.44. The van der Waals surface area contributed by atoms with E-state index in [1.807, 2.05) is 6.92 Å². The Bertz CT molecular complexity index is 1190. The average molecular weight is 536 g/mol. The number of halogens is 1. The molecule has 1 atom stereocenters. The van der Waals surface area contributed by atoms with Gasteiger partial charge < -0.3 is 19.7 Å². The third kappa shape index (κ3) is 7.58. The molecule has 0 aliphatic carbocycles. The highest BCUT2D eigenvalue weighted by Crippen LogP contribution is 2.34. The summed E-state index contributed by atoms with van der Waals surface area (Å²) in [6.07, 6.45) is 3.01. The molecule has 37 heavy (non-hydrogen) atoms. The van der Waals surface area contributed by atoms with Crippen molar-refractivity contribution in [1.29, 1.82) is 0 Å². The maximum atomic E-state index is 13.7. The van der Waals surface area contributed by atoms with Crippen LogP contribution in [0.25, 0.3) is 0 Å². The molecule has 0 saturated heterocycles. The lowest BCUT2D eigenvalue weighted by Crippen LogP contribution is -2.52. The Morgan fingerprint density at radius 1 is 1.05 bits per heavy atom. The molecule has 1 heterocycles. The Kier molecular flexibility index (Phi) is 9.73. The normalized spacial score (nSPS) is 13.5. The van der Waals surface area contributed by atoms with E-state index in [4.69, 9.17) is 9.47 Å². The summed E-state index contributed by atoms with van der Waals surface area (Å²) in [6.45, 7) is 4.45. The van der Waals surface area contributed by atoms with E-state index < -0.39 is 34.3 Å². The molecular weight excluding hydrogens is 501 g/mol. The fourth-order valence-corrected chi connectivity index (χ4v) is 4.85. The summed E-state index contributed by atoms with van der Waals surface area (Å²) in [7, 11) is -3.88. The van der Waals surface area contributed by atoms with Crippen molar-refractivity contribution in [2.24, 2.45) is 0 Å². The van der Waals surface area contributed by atoms with Gasteiger partial charge in [-0.3, -0.25) is 13.9 Å². The number of ether oxygens (including phenoxy) is 2. The summed E-state index contributed by atoms with van der Waals surface area (Å²) in [5.74, 6) is -0.441. The van der Waals surface area contributed by atoms with E-state index in [1.54, 1.807) is 19.1 Å². The third-order valence-electron chi connectivity index (χ3n) is 5.97. The van der Waals surface area contributed by atoms with E-state index in [1.165, 1.54) is 35.2 Å². The predicted molar refractivity (Wildman–Crippen MR) is 139 cm³/mol. The van der Waals surface area contributed by atoms with Crippen molar-refractivity contribution in [3.05, 3.63) is 53.8 Å². The maximum absolute atomic E-state index is 13.7. The lowest BCUT2D eigenvalue weighted by molar-refractivity contribution is -0.140. The largest absolute Gasteiger partial charge is 0.486 e. The zero-order valence-electron chi connectivity index (χ0n) is 21.4. The van der Waals surface area contributed by atoms with Crippen LogP contribution in [-0.4, -0.2) is 63.7 Å². The third-order valence-corrected chi connectivity index (χ3v) is 7.12. The highest BCUT2D eigenvalue weighted by Gasteiger charge is 2.32. The summed E-state index contributed by atoms with van der Waals surface area (Å²) < 4.78 is 51.1. The van der Waals surface area contributed by atoms with Crippen LogP contribution in [0.5, 0.6) is 11.5 Å². The van der Waals surface area contributed by atoms with Crippen LogP contribution in [0.2, 0.25) is 0 Å². The highest BCUT2D eigenvalue weighted by molar-refractivity contribution is 7.92. The highest BCUT2D eigenvalue weighted by atomic mass is 32.2. The summed E-state index contributed by atoms with van der Waals surface area (Å²) in [5.41, 5.74) is 0.849. The number of hydrogen-bond donors (Lipinski definition) is 1. The number of nitrogens with one attached hydrogen (secondary N) is 1. The van der Waals surface area contributed by atoms with Crippen molar-refractivity contribution in [1.82, 2.24) is 10.2 Å². The van der Waals surface area contributed by atoms with Gasteiger partial charge in [0.1, 0.15) is 31.6 Å². The molecule has 9 nitrogen and oxygen atoms in total. The molecule has 1 aliphatic rings. The van der Waals surface area contributed by atoms with Gasteiger partial charge in [0.2, 0.25) is 21.8 Å². The van der Waals surface area contributed by atoms with Gasteiger partial charge in [0, 0.05) is 19.2 Å². The quantitative estimate of drug-likeness (QED) is 0.419. The molecule has 0 radical (unpaired) electrons. The zero-order valence-corrected chi connectivity index (χ0v) is 22.2.